The van der Waals surface area contributed by atoms with Gasteiger partial charge >= 0.3 is 0 Å². The van der Waals surface area contributed by atoms with E-state index in [4.69, 9.17) is 22.1 Å². The van der Waals surface area contributed by atoms with Gasteiger partial charge in [-0.05, 0) is 43.7 Å². The normalized spacial score (nSPS) is 20.5. The number of nitrogens with zero attached hydrogens (tertiary/aromatic N) is 5. The lowest BCUT2D eigenvalue weighted by molar-refractivity contribution is 0.0974. The number of piperidine rings is 1. The highest BCUT2D eigenvalue weighted by Gasteiger charge is 2.41. The van der Waals surface area contributed by atoms with Crippen molar-refractivity contribution in [1.82, 2.24) is 19.3 Å². The maximum Gasteiger partial charge on any atom is 0.270 e. The molecule has 1 aromatic carbocycles. The average molecular weight is 475 g/mol. The number of hydrogen-bond acceptors (Lipinski definition) is 7. The van der Waals surface area contributed by atoms with Gasteiger partial charge < -0.3 is 15.4 Å². The molecule has 2 aliphatic heterocycles. The number of anilines is 2. The van der Waals surface area contributed by atoms with Crippen LogP contribution in [0.4, 0.5) is 11.8 Å². The van der Waals surface area contributed by atoms with Gasteiger partial charge in [0.05, 0.1) is 23.3 Å². The molecule has 0 unspecified atom stereocenters. The van der Waals surface area contributed by atoms with Crippen molar-refractivity contribution in [3.8, 4) is 0 Å². The number of fused-ring (bicyclic) bond motifs is 1. The second-order valence-corrected chi connectivity index (χ2v) is 10.4. The monoisotopic (exact) mass is 474 g/mol. The number of halogens is 1. The van der Waals surface area contributed by atoms with E-state index in [9.17, 15) is 4.79 Å². The van der Waals surface area contributed by atoms with Crippen molar-refractivity contribution in [2.24, 2.45) is 19.5 Å². The summed E-state index contributed by atoms with van der Waals surface area (Å²) in [5.41, 5.74) is 7.19. The van der Waals surface area contributed by atoms with Gasteiger partial charge in [0.2, 0.25) is 5.95 Å². The fraction of sp³-hybridized carbons (Fsp3) is 0.500. The molecule has 3 aromatic rings. The second kappa shape index (κ2) is 7.97. The number of aromatic nitrogens is 4. The van der Waals surface area contributed by atoms with Crippen molar-refractivity contribution >= 4 is 46.0 Å². The van der Waals surface area contributed by atoms with Crippen molar-refractivity contribution in [2.75, 3.05) is 30.3 Å². The molecular formula is C22H27ClN6O2S. The molecule has 1 atom stereocenters. The van der Waals surface area contributed by atoms with Crippen molar-refractivity contribution in [3.05, 3.63) is 33.7 Å². The zero-order valence-corrected chi connectivity index (χ0v) is 20.0. The van der Waals surface area contributed by atoms with Gasteiger partial charge in [0, 0.05) is 43.7 Å². The maximum absolute atomic E-state index is 13.2. The lowest BCUT2D eigenvalue weighted by Crippen LogP contribution is -2.43. The number of aryl methyl sites for hydroxylation is 1. The van der Waals surface area contributed by atoms with Crippen molar-refractivity contribution < 1.29 is 4.74 Å². The molecule has 5 rings (SSSR count). The predicted molar refractivity (Wildman–Crippen MR) is 128 cm³/mol. The third kappa shape index (κ3) is 3.66. The summed E-state index contributed by atoms with van der Waals surface area (Å²) in [6.07, 6.45) is 5.36. The molecule has 4 heterocycles. The number of rotatable bonds is 3. The first-order valence-corrected chi connectivity index (χ1v) is 12.0. The topological polar surface area (TPSA) is 91.2 Å². The quantitative estimate of drug-likeness (QED) is 0.621. The Hall–Kier alpha value is -2.23. The summed E-state index contributed by atoms with van der Waals surface area (Å²) in [6.45, 7) is 4.65. The first-order chi connectivity index (χ1) is 15.3. The molecule has 32 heavy (non-hydrogen) atoms. The molecule has 10 heteroatoms. The SMILES string of the molecule is C[C@H]1CC2(CCN(c3nc(N)c(Sc4ccc5nn(C)cc5c4Cl)c(=O)n3C)CC2)CO1. The minimum Gasteiger partial charge on any atom is -0.382 e. The molecular weight excluding hydrogens is 448 g/mol. The molecule has 0 amide bonds. The summed E-state index contributed by atoms with van der Waals surface area (Å²) in [4.78, 5) is 21.2. The van der Waals surface area contributed by atoms with Gasteiger partial charge in [-0.3, -0.25) is 14.0 Å². The smallest absolute Gasteiger partial charge is 0.270 e. The molecule has 0 radical (unpaired) electrons. The number of hydrogen-bond donors (Lipinski definition) is 1. The average Bonchev–Trinajstić information content (AvgIpc) is 3.32. The van der Waals surface area contributed by atoms with E-state index >= 15 is 0 Å². The van der Waals surface area contributed by atoms with E-state index in [2.05, 4.69) is 21.9 Å². The Morgan fingerprint density at radius 2 is 2.03 bits per heavy atom. The molecule has 2 aliphatic rings. The van der Waals surface area contributed by atoms with E-state index in [-0.39, 0.29) is 16.8 Å². The minimum absolute atomic E-state index is 0.169. The number of benzene rings is 1. The molecule has 0 aliphatic carbocycles. The van der Waals surface area contributed by atoms with E-state index in [1.54, 1.807) is 16.3 Å². The third-order valence-corrected chi connectivity index (χ3v) is 8.34. The molecule has 0 saturated carbocycles. The van der Waals surface area contributed by atoms with Gasteiger partial charge in [-0.1, -0.05) is 23.4 Å². The van der Waals surface area contributed by atoms with E-state index in [1.807, 2.05) is 25.4 Å². The zero-order valence-electron chi connectivity index (χ0n) is 18.5. The predicted octanol–water partition coefficient (Wildman–Crippen LogP) is 3.45. The van der Waals surface area contributed by atoms with Crippen LogP contribution in [0.5, 0.6) is 0 Å². The van der Waals surface area contributed by atoms with Crippen LogP contribution < -0.4 is 16.2 Å². The summed E-state index contributed by atoms with van der Waals surface area (Å²) in [5.74, 6) is 0.848. The third-order valence-electron chi connectivity index (χ3n) is 6.67. The minimum atomic E-state index is -0.169. The van der Waals surface area contributed by atoms with Crippen LogP contribution in [0.15, 0.2) is 32.9 Å². The molecule has 8 nitrogen and oxygen atoms in total. The molecule has 2 aromatic heterocycles. The van der Waals surface area contributed by atoms with E-state index in [0.29, 0.717) is 22.0 Å². The molecule has 2 N–H and O–H groups in total. The van der Waals surface area contributed by atoms with Crippen LogP contribution in [-0.2, 0) is 18.8 Å². The first-order valence-electron chi connectivity index (χ1n) is 10.8. The Kier molecular flexibility index (Phi) is 5.38. The Bertz CT molecular complexity index is 1250. The largest absolute Gasteiger partial charge is 0.382 e. The summed E-state index contributed by atoms with van der Waals surface area (Å²) >= 11 is 7.86. The van der Waals surface area contributed by atoms with Crippen molar-refractivity contribution in [1.29, 1.82) is 0 Å². The number of ether oxygens (including phenoxy) is 1. The highest BCUT2D eigenvalue weighted by Crippen LogP contribution is 2.43. The summed E-state index contributed by atoms with van der Waals surface area (Å²) in [5, 5.41) is 5.77. The Labute approximate surface area is 195 Å². The van der Waals surface area contributed by atoms with Gasteiger partial charge in [0.25, 0.3) is 5.56 Å². The Balaban J connectivity index is 1.41. The number of nitrogen functional groups attached to an aromatic ring is 1. The summed E-state index contributed by atoms with van der Waals surface area (Å²) < 4.78 is 9.15. The van der Waals surface area contributed by atoms with Crippen molar-refractivity contribution in [3.63, 3.8) is 0 Å². The highest BCUT2D eigenvalue weighted by molar-refractivity contribution is 7.99. The van der Waals surface area contributed by atoms with Crippen LogP contribution >= 0.6 is 23.4 Å². The maximum atomic E-state index is 13.2. The lowest BCUT2D eigenvalue weighted by atomic mass is 9.77. The van der Waals surface area contributed by atoms with Gasteiger partial charge in [0.15, 0.2) is 0 Å². The Morgan fingerprint density at radius 3 is 2.72 bits per heavy atom. The molecule has 170 valence electrons. The fourth-order valence-corrected chi connectivity index (χ4v) is 6.14. The van der Waals surface area contributed by atoms with Gasteiger partial charge in [-0.25, -0.2) is 0 Å². The van der Waals surface area contributed by atoms with Crippen LogP contribution in [0.3, 0.4) is 0 Å². The highest BCUT2D eigenvalue weighted by atomic mass is 35.5. The molecule has 1 spiro atoms. The fourth-order valence-electron chi connectivity index (χ4n) is 4.89. The first kappa shape index (κ1) is 21.6. The molecule has 2 saturated heterocycles. The lowest BCUT2D eigenvalue weighted by Gasteiger charge is -2.39. The second-order valence-electron chi connectivity index (χ2n) is 9.02. The van der Waals surface area contributed by atoms with E-state index in [1.165, 1.54) is 11.8 Å². The van der Waals surface area contributed by atoms with Gasteiger partial charge in [-0.15, -0.1) is 0 Å². The number of nitrogens with two attached hydrogens (primary N) is 1. The summed E-state index contributed by atoms with van der Waals surface area (Å²) in [6, 6.07) is 3.76. The van der Waals surface area contributed by atoms with E-state index in [0.717, 1.165) is 54.8 Å². The molecule has 0 bridgehead atoms. The van der Waals surface area contributed by atoms with Crippen LogP contribution in [0.25, 0.3) is 10.9 Å². The summed E-state index contributed by atoms with van der Waals surface area (Å²) in [7, 11) is 3.60. The molecule has 2 fully saturated rings. The zero-order chi connectivity index (χ0) is 22.6. The van der Waals surface area contributed by atoms with Crippen LogP contribution in [0, 0.1) is 5.41 Å². The van der Waals surface area contributed by atoms with Crippen LogP contribution in [0.2, 0.25) is 5.02 Å². The van der Waals surface area contributed by atoms with Crippen LogP contribution in [0.1, 0.15) is 26.2 Å². The Morgan fingerprint density at radius 1 is 1.28 bits per heavy atom. The van der Waals surface area contributed by atoms with Gasteiger partial charge in [-0.2, -0.15) is 10.1 Å². The standard InChI is InChI=1S/C22H27ClN6O2S/c1-13-10-22(12-31-13)6-8-29(9-7-22)21-25-19(24)18(20(30)28(21)3)32-16-5-4-15-14(17(16)23)11-27(2)26-15/h4-5,11,13H,6-10,12,24H2,1-3H3/t13-/m0/s1. The van der Waals surface area contributed by atoms with Gasteiger partial charge in [0.1, 0.15) is 10.7 Å². The van der Waals surface area contributed by atoms with E-state index < -0.39 is 0 Å². The van der Waals surface area contributed by atoms with Crippen molar-refractivity contribution in [2.45, 2.75) is 42.1 Å². The van der Waals surface area contributed by atoms with Crippen LogP contribution in [-0.4, -0.2) is 45.1 Å².